The summed E-state index contributed by atoms with van der Waals surface area (Å²) in [5.41, 5.74) is 0. The standard InChI is InChI=1S/C12H24N2S/c1-11-8-14(6-7-15-10-11)9-12-2-4-13-5-3-12/h11-13H,2-10H2,1H3. The van der Waals surface area contributed by atoms with Crippen molar-refractivity contribution in [1.29, 1.82) is 0 Å². The molecule has 1 atom stereocenters. The van der Waals surface area contributed by atoms with Crippen LogP contribution in [0.2, 0.25) is 0 Å². The van der Waals surface area contributed by atoms with Gasteiger partial charge in [-0.3, -0.25) is 0 Å². The van der Waals surface area contributed by atoms with E-state index in [0.29, 0.717) is 0 Å². The predicted molar refractivity (Wildman–Crippen MR) is 68.5 cm³/mol. The Kier molecular flexibility index (Phi) is 4.79. The highest BCUT2D eigenvalue weighted by atomic mass is 32.2. The van der Waals surface area contributed by atoms with E-state index in [9.17, 15) is 0 Å². The minimum absolute atomic E-state index is 0.888. The summed E-state index contributed by atoms with van der Waals surface area (Å²) in [6, 6.07) is 0. The zero-order chi connectivity index (χ0) is 10.5. The molecule has 1 N–H and O–H groups in total. The van der Waals surface area contributed by atoms with Crippen LogP contribution in [0.15, 0.2) is 0 Å². The first kappa shape index (κ1) is 11.7. The molecule has 0 aliphatic carbocycles. The maximum Gasteiger partial charge on any atom is 0.00726 e. The van der Waals surface area contributed by atoms with E-state index in [1.165, 1.54) is 57.1 Å². The third-order valence-corrected chi connectivity index (χ3v) is 4.78. The van der Waals surface area contributed by atoms with Crippen LogP contribution in [0.1, 0.15) is 19.8 Å². The lowest BCUT2D eigenvalue weighted by molar-refractivity contribution is 0.201. The molecule has 0 spiro atoms. The monoisotopic (exact) mass is 228 g/mol. The van der Waals surface area contributed by atoms with Gasteiger partial charge in [0.2, 0.25) is 0 Å². The van der Waals surface area contributed by atoms with Crippen molar-refractivity contribution in [3.05, 3.63) is 0 Å². The van der Waals surface area contributed by atoms with Crippen LogP contribution >= 0.6 is 11.8 Å². The number of thioether (sulfide) groups is 1. The lowest BCUT2D eigenvalue weighted by Gasteiger charge is -2.30. The van der Waals surface area contributed by atoms with Gasteiger partial charge in [-0.2, -0.15) is 11.8 Å². The number of nitrogens with one attached hydrogen (secondary N) is 1. The average molecular weight is 228 g/mol. The summed E-state index contributed by atoms with van der Waals surface area (Å²) in [5.74, 6) is 4.55. The van der Waals surface area contributed by atoms with Crippen molar-refractivity contribution in [2.45, 2.75) is 19.8 Å². The molecule has 2 nitrogen and oxygen atoms in total. The lowest BCUT2D eigenvalue weighted by Crippen LogP contribution is -2.38. The van der Waals surface area contributed by atoms with E-state index >= 15 is 0 Å². The van der Waals surface area contributed by atoms with E-state index in [-0.39, 0.29) is 0 Å². The topological polar surface area (TPSA) is 15.3 Å². The molecular formula is C12H24N2S. The Morgan fingerprint density at radius 3 is 2.93 bits per heavy atom. The molecule has 0 amide bonds. The zero-order valence-corrected chi connectivity index (χ0v) is 10.7. The smallest absolute Gasteiger partial charge is 0.00726 e. The van der Waals surface area contributed by atoms with Crippen molar-refractivity contribution in [3.8, 4) is 0 Å². The van der Waals surface area contributed by atoms with Crippen molar-refractivity contribution in [1.82, 2.24) is 10.2 Å². The molecule has 1 unspecified atom stereocenters. The average Bonchev–Trinajstić information content (AvgIpc) is 2.44. The van der Waals surface area contributed by atoms with E-state index in [0.717, 1.165) is 11.8 Å². The highest BCUT2D eigenvalue weighted by Crippen LogP contribution is 2.19. The Balaban J connectivity index is 1.76. The summed E-state index contributed by atoms with van der Waals surface area (Å²) in [7, 11) is 0. The fourth-order valence-electron chi connectivity index (χ4n) is 2.66. The molecule has 3 heteroatoms. The second kappa shape index (κ2) is 6.12. The number of hydrogen-bond donors (Lipinski definition) is 1. The second-order valence-electron chi connectivity index (χ2n) is 5.13. The first-order valence-corrected chi connectivity index (χ1v) is 7.51. The SMILES string of the molecule is CC1CSCCN(CC2CCNCC2)C1. The van der Waals surface area contributed by atoms with Crippen molar-refractivity contribution in [2.75, 3.05) is 44.2 Å². The zero-order valence-electron chi connectivity index (χ0n) is 9.87. The maximum atomic E-state index is 3.45. The summed E-state index contributed by atoms with van der Waals surface area (Å²) in [6.45, 7) is 8.88. The van der Waals surface area contributed by atoms with E-state index in [4.69, 9.17) is 0 Å². The summed E-state index contributed by atoms with van der Waals surface area (Å²) in [4.78, 5) is 2.71. The molecule has 0 aromatic carbocycles. The van der Waals surface area contributed by atoms with Gasteiger partial charge in [0, 0.05) is 25.4 Å². The predicted octanol–water partition coefficient (Wildman–Crippen LogP) is 1.67. The van der Waals surface area contributed by atoms with Gasteiger partial charge in [0.15, 0.2) is 0 Å². The Morgan fingerprint density at radius 2 is 2.13 bits per heavy atom. The molecule has 2 rings (SSSR count). The molecule has 0 aromatic rings. The van der Waals surface area contributed by atoms with Crippen molar-refractivity contribution < 1.29 is 0 Å². The van der Waals surface area contributed by atoms with Gasteiger partial charge < -0.3 is 10.2 Å². The fraction of sp³-hybridized carbons (Fsp3) is 1.00. The Labute approximate surface area is 98.2 Å². The van der Waals surface area contributed by atoms with Crippen molar-refractivity contribution in [2.24, 2.45) is 11.8 Å². The molecule has 2 aliphatic rings. The second-order valence-corrected chi connectivity index (χ2v) is 6.28. The number of hydrogen-bond acceptors (Lipinski definition) is 3. The first-order chi connectivity index (χ1) is 7.34. The fourth-order valence-corrected chi connectivity index (χ4v) is 3.72. The molecular weight excluding hydrogens is 204 g/mol. The van der Waals surface area contributed by atoms with Crippen LogP contribution in [0.25, 0.3) is 0 Å². The van der Waals surface area contributed by atoms with E-state index in [2.05, 4.69) is 28.9 Å². The summed E-state index contributed by atoms with van der Waals surface area (Å²) in [5, 5.41) is 3.45. The summed E-state index contributed by atoms with van der Waals surface area (Å²) in [6.07, 6.45) is 2.77. The van der Waals surface area contributed by atoms with Crippen LogP contribution in [-0.2, 0) is 0 Å². The summed E-state index contributed by atoms with van der Waals surface area (Å²) < 4.78 is 0. The van der Waals surface area contributed by atoms with Crippen molar-refractivity contribution in [3.63, 3.8) is 0 Å². The molecule has 2 aliphatic heterocycles. The molecule has 0 saturated carbocycles. The Morgan fingerprint density at radius 1 is 1.33 bits per heavy atom. The van der Waals surface area contributed by atoms with Gasteiger partial charge in [0.05, 0.1) is 0 Å². The Hall–Kier alpha value is 0.270. The third kappa shape index (κ3) is 3.97. The molecule has 2 fully saturated rings. The van der Waals surface area contributed by atoms with Crippen molar-refractivity contribution >= 4 is 11.8 Å². The number of piperidine rings is 1. The van der Waals surface area contributed by atoms with E-state index < -0.39 is 0 Å². The van der Waals surface area contributed by atoms with Gasteiger partial charge in [-0.05, 0) is 43.5 Å². The minimum Gasteiger partial charge on any atom is -0.317 e. The van der Waals surface area contributed by atoms with Crippen LogP contribution in [0.4, 0.5) is 0 Å². The van der Waals surface area contributed by atoms with Gasteiger partial charge >= 0.3 is 0 Å². The number of nitrogens with zero attached hydrogens (tertiary/aromatic N) is 1. The van der Waals surface area contributed by atoms with Gasteiger partial charge in [-0.1, -0.05) is 6.92 Å². The van der Waals surface area contributed by atoms with Crippen LogP contribution < -0.4 is 5.32 Å². The molecule has 0 bridgehead atoms. The Bertz CT molecular complexity index is 180. The van der Waals surface area contributed by atoms with Gasteiger partial charge in [0.25, 0.3) is 0 Å². The molecule has 88 valence electrons. The van der Waals surface area contributed by atoms with E-state index in [1.54, 1.807) is 0 Å². The third-order valence-electron chi connectivity index (χ3n) is 3.50. The van der Waals surface area contributed by atoms with Gasteiger partial charge in [-0.25, -0.2) is 0 Å². The van der Waals surface area contributed by atoms with Gasteiger partial charge in [0.1, 0.15) is 0 Å². The normalized spacial score (nSPS) is 31.4. The maximum absolute atomic E-state index is 3.45. The highest BCUT2D eigenvalue weighted by Gasteiger charge is 2.20. The molecule has 2 saturated heterocycles. The molecule has 2 heterocycles. The van der Waals surface area contributed by atoms with Crippen LogP contribution in [0, 0.1) is 11.8 Å². The minimum atomic E-state index is 0.888. The summed E-state index contributed by atoms with van der Waals surface area (Å²) >= 11 is 2.14. The van der Waals surface area contributed by atoms with Crippen LogP contribution in [-0.4, -0.2) is 49.1 Å². The lowest BCUT2D eigenvalue weighted by atomic mass is 9.97. The van der Waals surface area contributed by atoms with Crippen LogP contribution in [0.5, 0.6) is 0 Å². The molecule has 0 aromatic heterocycles. The van der Waals surface area contributed by atoms with Crippen LogP contribution in [0.3, 0.4) is 0 Å². The van der Waals surface area contributed by atoms with E-state index in [1.807, 2.05) is 0 Å². The van der Waals surface area contributed by atoms with Gasteiger partial charge in [-0.15, -0.1) is 0 Å². The molecule has 0 radical (unpaired) electrons. The quantitative estimate of drug-likeness (QED) is 0.774. The largest absolute Gasteiger partial charge is 0.317 e. The molecule has 15 heavy (non-hydrogen) atoms. The number of rotatable bonds is 2. The first-order valence-electron chi connectivity index (χ1n) is 6.35. The highest BCUT2D eigenvalue weighted by molar-refractivity contribution is 7.99.